The largest absolute Gasteiger partial charge is 0.374 e. The number of para-hydroxylation sites is 1. The van der Waals surface area contributed by atoms with E-state index in [0.717, 1.165) is 21.8 Å². The Kier molecular flexibility index (Phi) is 6.98. The molecule has 0 saturated carbocycles. The Morgan fingerprint density at radius 2 is 1.50 bits per heavy atom. The molecule has 5 heteroatoms. The molecule has 4 aromatic rings. The molecule has 0 bridgehead atoms. The summed E-state index contributed by atoms with van der Waals surface area (Å²) < 4.78 is 0. The highest BCUT2D eigenvalue weighted by molar-refractivity contribution is 7.98. The molecule has 162 valence electrons. The zero-order valence-corrected chi connectivity index (χ0v) is 20.0. The van der Waals surface area contributed by atoms with Crippen LogP contribution in [0.1, 0.15) is 38.0 Å². The van der Waals surface area contributed by atoms with E-state index in [0.29, 0.717) is 5.56 Å². The number of amides is 1. The second kappa shape index (κ2) is 10.1. The van der Waals surface area contributed by atoms with Gasteiger partial charge in [0.1, 0.15) is 5.00 Å². The molecule has 1 atom stereocenters. The SMILES string of the molecule is CSc1ccc([C@H](Nc2ccccc2)c2c(NC(=O)c3ccccc3)sc(C)c2C)cc1. The van der Waals surface area contributed by atoms with Gasteiger partial charge in [0.2, 0.25) is 0 Å². The monoisotopic (exact) mass is 458 g/mol. The lowest BCUT2D eigenvalue weighted by molar-refractivity contribution is 0.102. The maximum absolute atomic E-state index is 13.0. The van der Waals surface area contributed by atoms with Crippen LogP contribution in [-0.4, -0.2) is 12.2 Å². The smallest absolute Gasteiger partial charge is 0.256 e. The van der Waals surface area contributed by atoms with Gasteiger partial charge in [0, 0.05) is 26.6 Å². The highest BCUT2D eigenvalue weighted by Crippen LogP contribution is 2.41. The molecule has 4 rings (SSSR count). The van der Waals surface area contributed by atoms with E-state index in [2.05, 4.69) is 67.1 Å². The lowest BCUT2D eigenvalue weighted by Crippen LogP contribution is -2.17. The average Bonchev–Trinajstić information content (AvgIpc) is 3.11. The molecule has 0 aliphatic heterocycles. The first kappa shape index (κ1) is 22.2. The van der Waals surface area contributed by atoms with E-state index in [4.69, 9.17) is 0 Å². The van der Waals surface area contributed by atoms with Crippen molar-refractivity contribution in [3.05, 3.63) is 112 Å². The Labute approximate surface area is 197 Å². The average molecular weight is 459 g/mol. The van der Waals surface area contributed by atoms with Crippen LogP contribution >= 0.6 is 23.1 Å². The minimum Gasteiger partial charge on any atom is -0.374 e. The van der Waals surface area contributed by atoms with Crippen molar-refractivity contribution in [1.82, 2.24) is 0 Å². The van der Waals surface area contributed by atoms with Gasteiger partial charge < -0.3 is 10.6 Å². The number of rotatable bonds is 7. The molecule has 32 heavy (non-hydrogen) atoms. The summed E-state index contributed by atoms with van der Waals surface area (Å²) in [6.07, 6.45) is 2.08. The Balaban J connectivity index is 1.76. The number of benzene rings is 3. The highest BCUT2D eigenvalue weighted by atomic mass is 32.2. The number of anilines is 2. The second-order valence-corrected chi connectivity index (χ2v) is 9.67. The van der Waals surface area contributed by atoms with Gasteiger partial charge in [-0.15, -0.1) is 23.1 Å². The summed E-state index contributed by atoms with van der Waals surface area (Å²) in [5, 5.41) is 7.77. The molecule has 0 aliphatic carbocycles. The maximum atomic E-state index is 13.0. The molecule has 0 saturated heterocycles. The Hall–Kier alpha value is -3.02. The molecule has 0 spiro atoms. The molecule has 1 amide bonds. The third kappa shape index (κ3) is 4.90. The van der Waals surface area contributed by atoms with Crippen molar-refractivity contribution in [2.45, 2.75) is 24.8 Å². The summed E-state index contributed by atoms with van der Waals surface area (Å²) >= 11 is 3.36. The number of carbonyl (C=O) groups is 1. The normalized spacial score (nSPS) is 11.7. The van der Waals surface area contributed by atoms with E-state index in [1.165, 1.54) is 15.3 Å². The first-order chi connectivity index (χ1) is 15.6. The van der Waals surface area contributed by atoms with E-state index in [-0.39, 0.29) is 11.9 Å². The molecule has 1 heterocycles. The van der Waals surface area contributed by atoms with Gasteiger partial charge >= 0.3 is 0 Å². The zero-order valence-electron chi connectivity index (χ0n) is 18.4. The van der Waals surface area contributed by atoms with Crippen molar-refractivity contribution in [1.29, 1.82) is 0 Å². The van der Waals surface area contributed by atoms with Crippen LogP contribution in [0.25, 0.3) is 0 Å². The first-order valence-corrected chi connectivity index (χ1v) is 12.5. The molecule has 2 N–H and O–H groups in total. The van der Waals surface area contributed by atoms with Crippen molar-refractivity contribution < 1.29 is 4.79 Å². The van der Waals surface area contributed by atoms with Crippen molar-refractivity contribution in [3.63, 3.8) is 0 Å². The maximum Gasteiger partial charge on any atom is 0.256 e. The van der Waals surface area contributed by atoms with Gasteiger partial charge in [-0.2, -0.15) is 0 Å². The van der Waals surface area contributed by atoms with Crippen LogP contribution in [0.5, 0.6) is 0 Å². The van der Waals surface area contributed by atoms with Crippen LogP contribution in [0.2, 0.25) is 0 Å². The number of thioether (sulfide) groups is 1. The molecular formula is C27H26N2OS2. The molecule has 3 nitrogen and oxygen atoms in total. The fourth-order valence-electron chi connectivity index (χ4n) is 3.67. The summed E-state index contributed by atoms with van der Waals surface area (Å²) in [6.45, 7) is 4.24. The van der Waals surface area contributed by atoms with Gasteiger partial charge in [-0.1, -0.05) is 48.5 Å². The van der Waals surface area contributed by atoms with Crippen LogP contribution in [0, 0.1) is 13.8 Å². The first-order valence-electron chi connectivity index (χ1n) is 10.5. The van der Waals surface area contributed by atoms with Crippen molar-refractivity contribution in [2.24, 2.45) is 0 Å². The molecular weight excluding hydrogens is 432 g/mol. The molecule has 0 unspecified atom stereocenters. The van der Waals surface area contributed by atoms with Crippen molar-refractivity contribution >= 4 is 39.7 Å². The van der Waals surface area contributed by atoms with E-state index >= 15 is 0 Å². The third-order valence-corrected chi connectivity index (χ3v) is 7.40. The van der Waals surface area contributed by atoms with Crippen LogP contribution in [0.4, 0.5) is 10.7 Å². The number of aryl methyl sites for hydroxylation is 1. The lowest BCUT2D eigenvalue weighted by Gasteiger charge is -2.23. The minimum absolute atomic E-state index is 0.0932. The predicted molar refractivity (Wildman–Crippen MR) is 138 cm³/mol. The Morgan fingerprint density at radius 1 is 0.875 bits per heavy atom. The molecule has 0 aliphatic rings. The van der Waals surface area contributed by atoms with Crippen LogP contribution < -0.4 is 10.6 Å². The number of hydrogen-bond acceptors (Lipinski definition) is 4. The van der Waals surface area contributed by atoms with Crippen LogP contribution in [-0.2, 0) is 0 Å². The Bertz CT molecular complexity index is 1190. The second-order valence-electron chi connectivity index (χ2n) is 7.56. The molecule has 3 aromatic carbocycles. The summed E-state index contributed by atoms with van der Waals surface area (Å²) in [7, 11) is 0. The van der Waals surface area contributed by atoms with Crippen LogP contribution in [0.3, 0.4) is 0 Å². The summed E-state index contributed by atoms with van der Waals surface area (Å²) in [5.74, 6) is -0.0932. The predicted octanol–water partition coefficient (Wildman–Crippen LogP) is 7.54. The molecule has 0 radical (unpaired) electrons. The van der Waals surface area contributed by atoms with Crippen molar-refractivity contribution in [2.75, 3.05) is 16.9 Å². The number of nitrogens with one attached hydrogen (secondary N) is 2. The molecule has 0 fully saturated rings. The highest BCUT2D eigenvalue weighted by Gasteiger charge is 2.25. The zero-order chi connectivity index (χ0) is 22.5. The van der Waals surface area contributed by atoms with Gasteiger partial charge in [-0.25, -0.2) is 0 Å². The lowest BCUT2D eigenvalue weighted by atomic mass is 9.96. The van der Waals surface area contributed by atoms with E-state index in [1.54, 1.807) is 23.1 Å². The third-order valence-electron chi connectivity index (χ3n) is 5.52. The van der Waals surface area contributed by atoms with E-state index in [9.17, 15) is 4.79 Å². The number of carbonyl (C=O) groups excluding carboxylic acids is 1. The Morgan fingerprint density at radius 3 is 2.12 bits per heavy atom. The van der Waals surface area contributed by atoms with Crippen molar-refractivity contribution in [3.8, 4) is 0 Å². The van der Waals surface area contributed by atoms with Crippen LogP contribution in [0.15, 0.2) is 89.8 Å². The van der Waals surface area contributed by atoms with Gasteiger partial charge in [0.15, 0.2) is 0 Å². The quantitative estimate of drug-likeness (QED) is 0.281. The fraction of sp³-hybridized carbons (Fsp3) is 0.148. The summed E-state index contributed by atoms with van der Waals surface area (Å²) in [5.41, 5.74) is 5.15. The minimum atomic E-state index is -0.0932. The topological polar surface area (TPSA) is 41.1 Å². The van der Waals surface area contributed by atoms with Gasteiger partial charge in [0.25, 0.3) is 5.91 Å². The fourth-order valence-corrected chi connectivity index (χ4v) is 5.17. The van der Waals surface area contributed by atoms with Gasteiger partial charge in [0.05, 0.1) is 6.04 Å². The van der Waals surface area contributed by atoms with Gasteiger partial charge in [-0.3, -0.25) is 4.79 Å². The van der Waals surface area contributed by atoms with E-state index in [1.807, 2.05) is 48.5 Å². The number of thiophene rings is 1. The molecule has 1 aromatic heterocycles. The number of hydrogen-bond donors (Lipinski definition) is 2. The summed E-state index contributed by atoms with van der Waals surface area (Å²) in [6, 6.07) is 28.1. The van der Waals surface area contributed by atoms with Gasteiger partial charge in [-0.05, 0) is 67.6 Å². The summed E-state index contributed by atoms with van der Waals surface area (Å²) in [4.78, 5) is 15.4. The standard InChI is InChI=1S/C27H26N2OS2/c1-18-19(2)32-27(29-26(30)21-10-6-4-7-11-21)24(18)25(28-22-12-8-5-9-13-22)20-14-16-23(31-3)17-15-20/h4-17,25,28H,1-3H3,(H,29,30)/t25-/m0/s1. The van der Waals surface area contributed by atoms with E-state index < -0.39 is 0 Å².